The highest BCUT2D eigenvalue weighted by molar-refractivity contribution is 5.90. The van der Waals surface area contributed by atoms with Crippen LogP contribution in [0.1, 0.15) is 6.92 Å². The van der Waals surface area contributed by atoms with Gasteiger partial charge in [-0.05, 0) is 30.3 Å². The Kier molecular flexibility index (Phi) is 7.29. The number of cyclic esters (lactones) is 1. The Bertz CT molecular complexity index is 1030. The third-order valence-corrected chi connectivity index (χ3v) is 4.38. The molecule has 2 amide bonds. The molecule has 3 rings (SSSR count). The van der Waals surface area contributed by atoms with Crippen molar-refractivity contribution in [1.29, 1.82) is 0 Å². The number of hydrazine groups is 1. The van der Waals surface area contributed by atoms with Crippen molar-refractivity contribution < 1.29 is 28.6 Å². The largest absolute Gasteiger partial charge is 0.480 e. The second-order valence-corrected chi connectivity index (χ2v) is 6.77. The summed E-state index contributed by atoms with van der Waals surface area (Å²) in [7, 11) is 0. The lowest BCUT2D eigenvalue weighted by atomic mass is 10.1. The number of aliphatic carboxylic acids is 1. The number of ether oxygens (including phenoxy) is 1. The standard InChI is InChI=1S/C20H21FN6O5/c1-12(28)22-8-15-10-27(20(31)32-15)14-3-4-16(17(21)6-14)13-2-5-18(23-7-13)24-11-26-25-9-19(29)30/h2-7,11,15,25H,8-10H2,1H3,(H,22,28)(H,29,30)(H,23,24,26). The molecule has 2 heterocycles. The van der Waals surface area contributed by atoms with Crippen LogP contribution < -0.4 is 21.1 Å². The van der Waals surface area contributed by atoms with Gasteiger partial charge in [0.15, 0.2) is 5.82 Å². The van der Waals surface area contributed by atoms with Crippen molar-refractivity contribution in [1.82, 2.24) is 21.2 Å². The average Bonchev–Trinajstić information content (AvgIpc) is 3.13. The highest BCUT2D eigenvalue weighted by atomic mass is 19.1. The summed E-state index contributed by atoms with van der Waals surface area (Å²) in [6, 6.07) is 7.58. The van der Waals surface area contributed by atoms with E-state index in [0.717, 1.165) is 0 Å². The molecule has 0 radical (unpaired) electrons. The molecule has 0 saturated carbocycles. The van der Waals surface area contributed by atoms with Gasteiger partial charge in [0, 0.05) is 24.2 Å². The SMILES string of the molecule is CC(=O)NCC1CN(c2ccc(-c3ccc(N=CNNCC(=O)O)nc3)c(F)c2)C(=O)O1. The molecular formula is C20H21FN6O5. The van der Waals surface area contributed by atoms with E-state index in [2.05, 4.69) is 26.1 Å². The molecule has 32 heavy (non-hydrogen) atoms. The molecule has 0 bridgehead atoms. The van der Waals surface area contributed by atoms with Gasteiger partial charge in [-0.2, -0.15) is 0 Å². The second kappa shape index (κ2) is 10.3. The average molecular weight is 444 g/mol. The first-order valence-electron chi connectivity index (χ1n) is 9.55. The molecule has 1 aliphatic heterocycles. The Morgan fingerprint density at radius 3 is 2.84 bits per heavy atom. The summed E-state index contributed by atoms with van der Waals surface area (Å²) in [5, 5.41) is 11.1. The number of nitrogens with one attached hydrogen (secondary N) is 3. The van der Waals surface area contributed by atoms with Gasteiger partial charge in [0.05, 0.1) is 18.8 Å². The number of rotatable bonds is 9. The summed E-state index contributed by atoms with van der Waals surface area (Å²) in [5.41, 5.74) is 6.05. The van der Waals surface area contributed by atoms with E-state index in [1.807, 2.05) is 0 Å². The van der Waals surface area contributed by atoms with E-state index in [1.165, 1.54) is 36.5 Å². The number of aromatic nitrogens is 1. The van der Waals surface area contributed by atoms with Gasteiger partial charge < -0.3 is 20.6 Å². The quantitative estimate of drug-likeness (QED) is 0.195. The molecule has 1 aromatic heterocycles. The molecule has 168 valence electrons. The number of benzene rings is 1. The molecule has 12 heteroatoms. The fourth-order valence-electron chi connectivity index (χ4n) is 2.89. The van der Waals surface area contributed by atoms with Crippen molar-refractivity contribution in [3.05, 3.63) is 42.3 Å². The van der Waals surface area contributed by atoms with E-state index in [-0.39, 0.29) is 25.5 Å². The summed E-state index contributed by atoms with van der Waals surface area (Å²) in [4.78, 5) is 42.9. The van der Waals surface area contributed by atoms with Crippen LogP contribution in [0.3, 0.4) is 0 Å². The molecule has 1 atom stereocenters. The van der Waals surface area contributed by atoms with Crippen LogP contribution in [-0.2, 0) is 14.3 Å². The number of carbonyl (C=O) groups excluding carboxylic acids is 2. The molecule has 0 aliphatic carbocycles. The van der Waals surface area contributed by atoms with Crippen molar-refractivity contribution >= 4 is 35.8 Å². The van der Waals surface area contributed by atoms with Gasteiger partial charge in [-0.15, -0.1) is 0 Å². The number of anilines is 1. The molecule has 1 unspecified atom stereocenters. The minimum atomic E-state index is -1.02. The Hall–Kier alpha value is -4.06. The van der Waals surface area contributed by atoms with E-state index in [0.29, 0.717) is 22.6 Å². The maximum Gasteiger partial charge on any atom is 0.414 e. The number of carbonyl (C=O) groups is 3. The number of carboxylic acids is 1. The van der Waals surface area contributed by atoms with Crippen molar-refractivity contribution in [2.24, 2.45) is 4.99 Å². The maximum atomic E-state index is 14.8. The molecule has 0 spiro atoms. The van der Waals surface area contributed by atoms with Gasteiger partial charge in [0.25, 0.3) is 0 Å². The number of halogens is 1. The summed E-state index contributed by atoms with van der Waals surface area (Å²) in [5.74, 6) is -1.46. The zero-order chi connectivity index (χ0) is 23.1. The number of carboxylic acid groups (broad SMARTS) is 1. The Labute approximate surface area is 182 Å². The van der Waals surface area contributed by atoms with Crippen LogP contribution in [0.5, 0.6) is 0 Å². The summed E-state index contributed by atoms with van der Waals surface area (Å²) >= 11 is 0. The van der Waals surface area contributed by atoms with E-state index in [1.54, 1.807) is 18.2 Å². The van der Waals surface area contributed by atoms with Crippen LogP contribution in [0.25, 0.3) is 11.1 Å². The number of hydrogen-bond donors (Lipinski definition) is 4. The molecule has 1 fully saturated rings. The van der Waals surface area contributed by atoms with Gasteiger partial charge in [-0.1, -0.05) is 0 Å². The highest BCUT2D eigenvalue weighted by Crippen LogP contribution is 2.29. The lowest BCUT2D eigenvalue weighted by Gasteiger charge is -2.14. The minimum absolute atomic E-state index is 0.184. The summed E-state index contributed by atoms with van der Waals surface area (Å²) in [6.07, 6.45) is 1.57. The molecule has 4 N–H and O–H groups in total. The van der Waals surface area contributed by atoms with Crippen LogP contribution in [0.2, 0.25) is 0 Å². The van der Waals surface area contributed by atoms with Crippen LogP contribution in [0, 0.1) is 5.82 Å². The lowest BCUT2D eigenvalue weighted by Crippen LogP contribution is -2.34. The number of hydrogen-bond acceptors (Lipinski definition) is 7. The lowest BCUT2D eigenvalue weighted by molar-refractivity contribution is -0.136. The highest BCUT2D eigenvalue weighted by Gasteiger charge is 2.32. The summed E-state index contributed by atoms with van der Waals surface area (Å²) < 4.78 is 20.0. The number of aliphatic imine (C=N–C) groups is 1. The zero-order valence-corrected chi connectivity index (χ0v) is 17.0. The van der Waals surface area contributed by atoms with E-state index >= 15 is 0 Å². The van der Waals surface area contributed by atoms with Gasteiger partial charge in [0.2, 0.25) is 5.91 Å². The van der Waals surface area contributed by atoms with E-state index in [9.17, 15) is 18.8 Å². The Morgan fingerprint density at radius 1 is 1.38 bits per heavy atom. The predicted molar refractivity (Wildman–Crippen MR) is 113 cm³/mol. The second-order valence-electron chi connectivity index (χ2n) is 6.77. The normalized spacial score (nSPS) is 15.6. The van der Waals surface area contributed by atoms with Crippen LogP contribution >= 0.6 is 0 Å². The first-order valence-corrected chi connectivity index (χ1v) is 9.55. The molecule has 2 aromatic rings. The monoisotopic (exact) mass is 444 g/mol. The van der Waals surface area contributed by atoms with Crippen molar-refractivity contribution in [3.8, 4) is 11.1 Å². The topological polar surface area (TPSA) is 145 Å². The van der Waals surface area contributed by atoms with Gasteiger partial charge in [-0.25, -0.2) is 24.6 Å². The molecule has 1 aliphatic rings. The van der Waals surface area contributed by atoms with Crippen LogP contribution in [0.15, 0.2) is 41.5 Å². The molecular weight excluding hydrogens is 423 g/mol. The number of pyridine rings is 1. The fraction of sp³-hybridized carbons (Fsp3) is 0.250. The van der Waals surface area contributed by atoms with E-state index < -0.39 is 24.0 Å². The van der Waals surface area contributed by atoms with Gasteiger partial charge in [0.1, 0.15) is 24.8 Å². The van der Waals surface area contributed by atoms with Gasteiger partial charge >= 0.3 is 12.1 Å². The van der Waals surface area contributed by atoms with Crippen molar-refractivity contribution in [3.63, 3.8) is 0 Å². The maximum absolute atomic E-state index is 14.8. The first-order chi connectivity index (χ1) is 15.3. The third kappa shape index (κ3) is 5.98. The van der Waals surface area contributed by atoms with E-state index in [4.69, 9.17) is 9.84 Å². The molecule has 1 saturated heterocycles. The van der Waals surface area contributed by atoms with Crippen LogP contribution in [-0.4, -0.2) is 60.1 Å². The molecule has 11 nitrogen and oxygen atoms in total. The smallest absolute Gasteiger partial charge is 0.414 e. The predicted octanol–water partition coefficient (Wildman–Crippen LogP) is 1.19. The minimum Gasteiger partial charge on any atom is -0.480 e. The Balaban J connectivity index is 1.64. The third-order valence-electron chi connectivity index (χ3n) is 4.38. The fourth-order valence-corrected chi connectivity index (χ4v) is 2.89. The van der Waals surface area contributed by atoms with Crippen LogP contribution in [0.4, 0.5) is 20.7 Å². The zero-order valence-electron chi connectivity index (χ0n) is 17.0. The van der Waals surface area contributed by atoms with Crippen molar-refractivity contribution in [2.75, 3.05) is 24.5 Å². The molecule has 1 aromatic carbocycles. The Morgan fingerprint density at radius 2 is 2.19 bits per heavy atom. The first kappa shape index (κ1) is 22.6. The number of nitrogens with zero attached hydrogens (tertiary/aromatic N) is 3. The number of amides is 2. The summed E-state index contributed by atoms with van der Waals surface area (Å²) in [6.45, 7) is 1.47. The van der Waals surface area contributed by atoms with Gasteiger partial charge in [-0.3, -0.25) is 14.5 Å². The van der Waals surface area contributed by atoms with Crippen molar-refractivity contribution in [2.45, 2.75) is 13.0 Å².